The Balaban J connectivity index is 0.000000152. The zero-order chi connectivity index (χ0) is 23.1. The molecule has 2 aromatic heterocycles. The van der Waals surface area contributed by atoms with Gasteiger partial charge in [0.15, 0.2) is 5.65 Å². The van der Waals surface area contributed by atoms with Gasteiger partial charge < -0.3 is 0 Å². The number of aryl methyl sites for hydroxylation is 1. The molecular formula is C26H24N4O2S. The number of nitrogens with zero attached hydrogens (tertiary/aromatic N) is 4. The van der Waals surface area contributed by atoms with E-state index in [0.29, 0.717) is 17.0 Å². The van der Waals surface area contributed by atoms with Crippen molar-refractivity contribution in [1.29, 1.82) is 0 Å². The summed E-state index contributed by atoms with van der Waals surface area (Å²) in [6.45, 7) is 4.20. The number of hydrogen-bond acceptors (Lipinski definition) is 5. The molecule has 0 saturated heterocycles. The first kappa shape index (κ1) is 21.4. The van der Waals surface area contributed by atoms with Crippen LogP contribution in [0.4, 0.5) is 0 Å². The molecule has 0 saturated carbocycles. The minimum Gasteiger partial charge on any atom is -0.285 e. The Hall–Kier alpha value is -3.45. The van der Waals surface area contributed by atoms with Crippen LogP contribution in [-0.4, -0.2) is 31.3 Å². The van der Waals surface area contributed by atoms with E-state index < -0.39 is 0 Å². The minimum atomic E-state index is -0.160. The van der Waals surface area contributed by atoms with E-state index in [9.17, 15) is 9.59 Å². The predicted octanol–water partition coefficient (Wildman–Crippen LogP) is 5.11. The summed E-state index contributed by atoms with van der Waals surface area (Å²) in [7, 11) is 0. The molecule has 1 atom stereocenters. The smallest absolute Gasteiger partial charge is 0.262 e. The highest BCUT2D eigenvalue weighted by molar-refractivity contribution is 7.80. The van der Waals surface area contributed by atoms with E-state index in [0.717, 1.165) is 34.8 Å². The highest BCUT2D eigenvalue weighted by atomic mass is 32.1. The third-order valence-electron chi connectivity index (χ3n) is 6.17. The Kier molecular flexibility index (Phi) is 5.50. The van der Waals surface area contributed by atoms with Crippen molar-refractivity contribution in [3.63, 3.8) is 0 Å². The second kappa shape index (κ2) is 8.48. The van der Waals surface area contributed by atoms with Crippen LogP contribution < -0.4 is 0 Å². The second-order valence-electron chi connectivity index (χ2n) is 8.61. The molecule has 6 rings (SSSR count). The molecule has 0 spiro atoms. The maximum absolute atomic E-state index is 12.5. The number of carbonyl (C=O) groups excluding carboxylic acids is 2. The van der Waals surface area contributed by atoms with Crippen LogP contribution in [-0.2, 0) is 6.42 Å². The van der Waals surface area contributed by atoms with Crippen LogP contribution >= 0.6 is 12.6 Å². The Morgan fingerprint density at radius 1 is 0.909 bits per heavy atom. The molecule has 2 amide bonds. The molecule has 0 radical (unpaired) electrons. The van der Waals surface area contributed by atoms with Gasteiger partial charge in [0.25, 0.3) is 11.8 Å². The van der Waals surface area contributed by atoms with Crippen LogP contribution in [0.5, 0.6) is 0 Å². The number of thiol groups is 1. The number of hydrogen-bond donors (Lipinski definition) is 1. The van der Waals surface area contributed by atoms with Crippen molar-refractivity contribution in [3.05, 3.63) is 94.9 Å². The molecule has 4 aromatic rings. The maximum Gasteiger partial charge on any atom is 0.262 e. The van der Waals surface area contributed by atoms with Crippen molar-refractivity contribution in [2.45, 2.75) is 43.5 Å². The van der Waals surface area contributed by atoms with E-state index in [1.807, 2.05) is 40.9 Å². The first-order valence-corrected chi connectivity index (χ1v) is 11.5. The van der Waals surface area contributed by atoms with Crippen molar-refractivity contribution in [3.8, 4) is 0 Å². The Labute approximate surface area is 197 Å². The summed E-state index contributed by atoms with van der Waals surface area (Å²) in [6, 6.07) is 18.9. The van der Waals surface area contributed by atoms with E-state index in [4.69, 9.17) is 0 Å². The van der Waals surface area contributed by atoms with E-state index in [1.54, 1.807) is 24.3 Å². The maximum atomic E-state index is 12.5. The number of benzene rings is 2. The fourth-order valence-corrected chi connectivity index (χ4v) is 4.77. The number of aromatic nitrogens is 3. The molecule has 6 nitrogen and oxygen atoms in total. The summed E-state index contributed by atoms with van der Waals surface area (Å²) in [5, 5.41) is 8.17. The summed E-state index contributed by atoms with van der Waals surface area (Å²) in [5.41, 5.74) is 4.29. The van der Waals surface area contributed by atoms with Gasteiger partial charge in [-0.15, -0.1) is 22.8 Å². The molecule has 0 N–H and O–H groups in total. The lowest BCUT2D eigenvalue weighted by Crippen LogP contribution is -2.33. The van der Waals surface area contributed by atoms with Gasteiger partial charge in [-0.1, -0.05) is 50.2 Å². The van der Waals surface area contributed by atoms with Gasteiger partial charge in [0.05, 0.1) is 17.2 Å². The van der Waals surface area contributed by atoms with Gasteiger partial charge in [0, 0.05) is 17.0 Å². The Morgan fingerprint density at radius 3 is 2.27 bits per heavy atom. The molecule has 7 heteroatoms. The number of carbonyl (C=O) groups is 2. The van der Waals surface area contributed by atoms with Gasteiger partial charge in [0.1, 0.15) is 5.82 Å². The van der Waals surface area contributed by atoms with E-state index >= 15 is 0 Å². The third-order valence-corrected chi connectivity index (χ3v) is 6.43. The molecule has 3 heterocycles. The molecule has 1 aliphatic heterocycles. The monoisotopic (exact) mass is 456 g/mol. The van der Waals surface area contributed by atoms with E-state index in [-0.39, 0.29) is 17.9 Å². The largest absolute Gasteiger partial charge is 0.285 e. The molecule has 166 valence electrons. The van der Waals surface area contributed by atoms with E-state index in [1.165, 1.54) is 10.5 Å². The summed E-state index contributed by atoms with van der Waals surface area (Å²) in [5.74, 6) is 1.04. The first-order chi connectivity index (χ1) is 16.0. The van der Waals surface area contributed by atoms with Crippen molar-refractivity contribution >= 4 is 30.1 Å². The van der Waals surface area contributed by atoms with Gasteiger partial charge in [-0.25, -0.2) is 0 Å². The SMILES string of the molecule is CC(C)c1nnc2ccc(S)cn12.O=C1c2ccccc2C(=O)N1[C@H]1CCc2ccccc21. The topological polar surface area (TPSA) is 67.6 Å². The fourth-order valence-electron chi connectivity index (χ4n) is 4.58. The van der Waals surface area contributed by atoms with Crippen molar-refractivity contribution in [2.24, 2.45) is 0 Å². The first-order valence-electron chi connectivity index (χ1n) is 11.0. The molecular weight excluding hydrogens is 432 g/mol. The Morgan fingerprint density at radius 2 is 1.58 bits per heavy atom. The molecule has 0 fully saturated rings. The van der Waals surface area contributed by atoms with Crippen LogP contribution in [0.25, 0.3) is 5.65 Å². The predicted molar refractivity (Wildman–Crippen MR) is 129 cm³/mol. The van der Waals surface area contributed by atoms with E-state index in [2.05, 4.69) is 42.7 Å². The fraction of sp³-hybridized carbons (Fsp3) is 0.231. The average Bonchev–Trinajstić information content (AvgIpc) is 3.49. The highest BCUT2D eigenvalue weighted by Gasteiger charge is 2.42. The van der Waals surface area contributed by atoms with Crippen molar-refractivity contribution in [2.75, 3.05) is 0 Å². The van der Waals surface area contributed by atoms with Crippen LogP contribution in [0.15, 0.2) is 71.8 Å². The zero-order valence-electron chi connectivity index (χ0n) is 18.5. The molecule has 0 unspecified atom stereocenters. The van der Waals surface area contributed by atoms with Gasteiger partial charge in [-0.2, -0.15) is 0 Å². The molecule has 0 bridgehead atoms. The Bertz CT molecular complexity index is 1340. The molecule has 1 aliphatic carbocycles. The van der Waals surface area contributed by atoms with Gasteiger partial charge in [-0.3, -0.25) is 18.9 Å². The molecule has 2 aromatic carbocycles. The van der Waals surface area contributed by atoms with Crippen LogP contribution in [0.3, 0.4) is 0 Å². The lowest BCUT2D eigenvalue weighted by atomic mass is 10.1. The lowest BCUT2D eigenvalue weighted by molar-refractivity contribution is 0.0582. The third kappa shape index (κ3) is 3.72. The average molecular weight is 457 g/mol. The van der Waals surface area contributed by atoms with Gasteiger partial charge in [-0.05, 0) is 48.2 Å². The summed E-state index contributed by atoms with van der Waals surface area (Å²) >= 11 is 4.27. The lowest BCUT2D eigenvalue weighted by Gasteiger charge is -2.22. The van der Waals surface area contributed by atoms with Crippen molar-refractivity contribution < 1.29 is 9.59 Å². The van der Waals surface area contributed by atoms with Crippen LogP contribution in [0.1, 0.15) is 69.9 Å². The second-order valence-corrected chi connectivity index (χ2v) is 9.12. The summed E-state index contributed by atoms with van der Waals surface area (Å²) < 4.78 is 1.98. The number of imide groups is 1. The zero-order valence-corrected chi connectivity index (χ0v) is 19.4. The minimum absolute atomic E-state index is 0.112. The number of fused-ring (bicyclic) bond motifs is 3. The standard InChI is InChI=1S/C17H13NO2.C9H11N3S/c19-16-13-7-3-4-8-14(13)17(20)18(16)15-10-9-11-5-1-2-6-12(11)15;1-6(2)9-11-10-8-4-3-7(13)5-12(8)9/h1-8,15H,9-10H2;3-6,13H,1-2H3/t15-;/m0./s1. The number of pyridine rings is 1. The van der Waals surface area contributed by atoms with Crippen molar-refractivity contribution in [1.82, 2.24) is 19.5 Å². The number of rotatable bonds is 2. The van der Waals surface area contributed by atoms with Crippen LogP contribution in [0.2, 0.25) is 0 Å². The molecule has 2 aliphatic rings. The normalized spacial score (nSPS) is 16.7. The van der Waals surface area contributed by atoms with Crippen LogP contribution in [0, 0.1) is 0 Å². The highest BCUT2D eigenvalue weighted by Crippen LogP contribution is 2.39. The van der Waals surface area contributed by atoms with Gasteiger partial charge >= 0.3 is 0 Å². The molecule has 33 heavy (non-hydrogen) atoms. The van der Waals surface area contributed by atoms with Gasteiger partial charge in [0.2, 0.25) is 0 Å². The quantitative estimate of drug-likeness (QED) is 0.336. The number of amides is 2. The summed E-state index contributed by atoms with van der Waals surface area (Å²) in [6.07, 6.45) is 3.69. The summed E-state index contributed by atoms with van der Waals surface area (Å²) in [4.78, 5) is 27.4.